The molecule has 6 nitrogen and oxygen atoms in total. The largest absolute Gasteiger partial charge is 0.490 e. The standard InChI is InChI=1S/C49H39BrO6/c1-2-46(51)55-27-25-53-34-20-15-31(16-21-34)49(44-13-7-5-10-37(44)38-11-6-8-14-45(38)49)32-17-22-35(23-18-32)54-26-28-56-48(52)43-30-42-36-9-3-4-12-39(36)47(43)40-24-19-33(50)29-41(40)42/h2-24,29,42-43,47H,1,25-28,30H2. The van der Waals surface area contributed by atoms with Crippen molar-refractivity contribution in [1.82, 2.24) is 0 Å². The number of carbonyl (C=O) groups excluding carboxylic acids is 2. The van der Waals surface area contributed by atoms with Crippen LogP contribution in [0.25, 0.3) is 11.1 Å². The van der Waals surface area contributed by atoms with Gasteiger partial charge in [-0.3, -0.25) is 4.79 Å². The number of hydrogen-bond acceptors (Lipinski definition) is 6. The summed E-state index contributed by atoms with van der Waals surface area (Å²) in [6.45, 7) is 4.21. The molecule has 0 N–H and O–H groups in total. The molecule has 10 rings (SSSR count). The van der Waals surface area contributed by atoms with Gasteiger partial charge < -0.3 is 18.9 Å². The van der Waals surface area contributed by atoms with Crippen LogP contribution in [-0.4, -0.2) is 38.4 Å². The molecule has 278 valence electrons. The predicted molar refractivity (Wildman–Crippen MR) is 219 cm³/mol. The molecule has 0 radical (unpaired) electrons. The molecule has 0 saturated carbocycles. The fourth-order valence-electron chi connectivity index (χ4n) is 9.28. The van der Waals surface area contributed by atoms with E-state index in [1.807, 2.05) is 24.3 Å². The fourth-order valence-corrected chi connectivity index (χ4v) is 9.66. The monoisotopic (exact) mass is 802 g/mol. The highest BCUT2D eigenvalue weighted by molar-refractivity contribution is 9.10. The second-order valence-corrected chi connectivity index (χ2v) is 15.3. The lowest BCUT2D eigenvalue weighted by molar-refractivity contribution is -0.150. The van der Waals surface area contributed by atoms with Crippen LogP contribution in [0.15, 0.2) is 157 Å². The van der Waals surface area contributed by atoms with Crippen molar-refractivity contribution in [2.45, 2.75) is 23.7 Å². The molecule has 3 atom stereocenters. The molecule has 0 aromatic heterocycles. The molecule has 0 heterocycles. The van der Waals surface area contributed by atoms with E-state index in [0.717, 1.165) is 28.1 Å². The second kappa shape index (κ2) is 15.0. The zero-order valence-corrected chi connectivity index (χ0v) is 32.2. The van der Waals surface area contributed by atoms with Crippen LogP contribution < -0.4 is 9.47 Å². The minimum atomic E-state index is -0.591. The number of esters is 2. The third-order valence-electron chi connectivity index (χ3n) is 11.5. The van der Waals surface area contributed by atoms with E-state index in [1.165, 1.54) is 44.5 Å². The van der Waals surface area contributed by atoms with Gasteiger partial charge in [-0.05, 0) is 98.5 Å². The maximum atomic E-state index is 13.7. The van der Waals surface area contributed by atoms with Gasteiger partial charge in [0.2, 0.25) is 0 Å². The molecule has 0 aliphatic heterocycles. The number of carbonyl (C=O) groups is 2. The lowest BCUT2D eigenvalue weighted by Gasteiger charge is -2.44. The Balaban J connectivity index is 0.918. The normalized spacial score (nSPS) is 17.8. The summed E-state index contributed by atoms with van der Waals surface area (Å²) >= 11 is 3.65. The molecule has 0 saturated heterocycles. The molecule has 4 aliphatic carbocycles. The maximum absolute atomic E-state index is 13.7. The summed E-state index contributed by atoms with van der Waals surface area (Å²) in [4.78, 5) is 25.1. The van der Waals surface area contributed by atoms with Gasteiger partial charge in [-0.15, -0.1) is 0 Å². The number of halogens is 1. The Hall–Kier alpha value is -5.92. The van der Waals surface area contributed by atoms with Crippen LogP contribution >= 0.6 is 15.9 Å². The van der Waals surface area contributed by atoms with Crippen molar-refractivity contribution in [3.8, 4) is 22.6 Å². The summed E-state index contributed by atoms with van der Waals surface area (Å²) in [5, 5.41) is 0. The summed E-state index contributed by atoms with van der Waals surface area (Å²) in [5.74, 6) is 0.653. The third-order valence-corrected chi connectivity index (χ3v) is 12.0. The summed E-state index contributed by atoms with van der Waals surface area (Å²) in [6.07, 6.45) is 1.88. The molecule has 0 fully saturated rings. The zero-order chi connectivity index (χ0) is 38.2. The number of hydrogen-bond donors (Lipinski definition) is 0. The van der Waals surface area contributed by atoms with E-state index in [9.17, 15) is 9.59 Å². The smallest absolute Gasteiger partial charge is 0.330 e. The molecular formula is C49H39BrO6. The lowest BCUT2D eigenvalue weighted by Crippen LogP contribution is -2.37. The summed E-state index contributed by atoms with van der Waals surface area (Å²) < 4.78 is 24.1. The van der Waals surface area contributed by atoms with Crippen molar-refractivity contribution in [2.75, 3.05) is 26.4 Å². The van der Waals surface area contributed by atoms with Gasteiger partial charge in [0, 0.05) is 22.4 Å². The Bertz CT molecular complexity index is 2410. The van der Waals surface area contributed by atoms with Crippen molar-refractivity contribution in [3.63, 3.8) is 0 Å². The molecule has 7 heteroatoms. The molecule has 4 aliphatic rings. The Morgan fingerprint density at radius 3 is 1.77 bits per heavy atom. The van der Waals surface area contributed by atoms with Gasteiger partial charge in [-0.1, -0.05) is 126 Å². The second-order valence-electron chi connectivity index (χ2n) is 14.4. The van der Waals surface area contributed by atoms with Crippen molar-refractivity contribution < 1.29 is 28.5 Å². The molecule has 2 bridgehead atoms. The molecular weight excluding hydrogens is 764 g/mol. The molecule has 3 unspecified atom stereocenters. The Morgan fingerprint density at radius 2 is 1.16 bits per heavy atom. The molecule has 6 aromatic rings. The lowest BCUT2D eigenvalue weighted by atomic mass is 9.59. The van der Waals surface area contributed by atoms with Crippen LogP contribution in [0.3, 0.4) is 0 Å². The predicted octanol–water partition coefficient (Wildman–Crippen LogP) is 10.1. The summed E-state index contributed by atoms with van der Waals surface area (Å²) in [7, 11) is 0. The SMILES string of the molecule is C=CC(=O)OCCOc1ccc(C2(c3ccc(OCCOC(=O)C4CC5c6ccccc6C4c4ccc(Br)cc45)cc3)c3ccccc3-c3ccccc32)cc1. The zero-order valence-electron chi connectivity index (χ0n) is 30.7. The quantitative estimate of drug-likeness (QED) is 0.0696. The number of benzene rings is 6. The number of rotatable bonds is 12. The number of fused-ring (bicyclic) bond motifs is 4. The Labute approximate surface area is 334 Å². The highest BCUT2D eigenvalue weighted by atomic mass is 79.9. The average molecular weight is 804 g/mol. The Kier molecular flexibility index (Phi) is 9.55. The first-order valence-electron chi connectivity index (χ1n) is 19.0. The van der Waals surface area contributed by atoms with Crippen LogP contribution in [0, 0.1) is 5.92 Å². The van der Waals surface area contributed by atoms with E-state index < -0.39 is 11.4 Å². The van der Waals surface area contributed by atoms with Gasteiger partial charge in [0.05, 0.1) is 11.3 Å². The van der Waals surface area contributed by atoms with E-state index in [4.69, 9.17) is 18.9 Å². The van der Waals surface area contributed by atoms with Gasteiger partial charge in [0.1, 0.15) is 37.9 Å². The minimum absolute atomic E-state index is 0.0175. The van der Waals surface area contributed by atoms with Crippen molar-refractivity contribution in [1.29, 1.82) is 0 Å². The third kappa shape index (κ3) is 6.11. The highest BCUT2D eigenvalue weighted by Crippen LogP contribution is 2.57. The summed E-state index contributed by atoms with van der Waals surface area (Å²) in [5.41, 5.74) is 11.5. The van der Waals surface area contributed by atoms with E-state index in [2.05, 4.69) is 138 Å². The van der Waals surface area contributed by atoms with Crippen molar-refractivity contribution in [2.24, 2.45) is 5.92 Å². The van der Waals surface area contributed by atoms with Crippen molar-refractivity contribution in [3.05, 3.63) is 201 Å². The van der Waals surface area contributed by atoms with E-state index in [-0.39, 0.29) is 50.2 Å². The van der Waals surface area contributed by atoms with Gasteiger partial charge in [-0.2, -0.15) is 0 Å². The van der Waals surface area contributed by atoms with Gasteiger partial charge in [0.25, 0.3) is 0 Å². The van der Waals surface area contributed by atoms with Crippen LogP contribution in [0.5, 0.6) is 11.5 Å². The van der Waals surface area contributed by atoms with Crippen LogP contribution in [0.2, 0.25) is 0 Å². The number of ether oxygens (including phenoxy) is 4. The topological polar surface area (TPSA) is 71.1 Å². The molecule has 56 heavy (non-hydrogen) atoms. The van der Waals surface area contributed by atoms with Crippen LogP contribution in [-0.2, 0) is 24.5 Å². The first-order chi connectivity index (χ1) is 27.5. The van der Waals surface area contributed by atoms with Crippen LogP contribution in [0.4, 0.5) is 0 Å². The fraction of sp³-hybridized carbons (Fsp3) is 0.184. The van der Waals surface area contributed by atoms with E-state index in [1.54, 1.807) is 0 Å². The van der Waals surface area contributed by atoms with Crippen molar-refractivity contribution >= 4 is 27.9 Å². The van der Waals surface area contributed by atoms with Gasteiger partial charge in [0.15, 0.2) is 0 Å². The molecule has 0 spiro atoms. The Morgan fingerprint density at radius 1 is 0.625 bits per heavy atom. The average Bonchev–Trinajstić information content (AvgIpc) is 3.55. The molecule has 6 aromatic carbocycles. The van der Waals surface area contributed by atoms with Crippen LogP contribution in [0.1, 0.15) is 62.8 Å². The minimum Gasteiger partial charge on any atom is -0.490 e. The maximum Gasteiger partial charge on any atom is 0.330 e. The first-order valence-corrected chi connectivity index (χ1v) is 19.8. The van der Waals surface area contributed by atoms with E-state index in [0.29, 0.717) is 11.5 Å². The first kappa shape index (κ1) is 35.8. The summed E-state index contributed by atoms with van der Waals surface area (Å²) in [6, 6.07) is 48.5. The van der Waals surface area contributed by atoms with Gasteiger partial charge in [-0.25, -0.2) is 4.79 Å². The van der Waals surface area contributed by atoms with E-state index >= 15 is 0 Å². The van der Waals surface area contributed by atoms with Gasteiger partial charge >= 0.3 is 11.9 Å². The highest BCUT2D eigenvalue weighted by Gasteiger charge is 2.47. The molecule has 0 amide bonds.